The van der Waals surface area contributed by atoms with Crippen molar-refractivity contribution in [3.05, 3.63) is 0 Å². The molecule has 1 N–H and O–H groups in total. The molecule has 2 rings (SSSR count). The molecule has 98 valence electrons. The van der Waals surface area contributed by atoms with Crippen molar-refractivity contribution in [2.45, 2.75) is 53.1 Å². The number of carbonyl (C=O) groups is 1. The average molecular weight is 240 g/mol. The molecule has 2 saturated carbocycles. The van der Waals surface area contributed by atoms with Crippen molar-refractivity contribution in [3.63, 3.8) is 0 Å². The SMILES string of the molecule is CC(C)C(=O)OCC1(C)C2CCC1(C)C(O)C2. The number of aliphatic hydroxyl groups is 1. The predicted octanol–water partition coefficient (Wildman–Crippen LogP) is 2.37. The largest absolute Gasteiger partial charge is 0.465 e. The summed E-state index contributed by atoms with van der Waals surface area (Å²) >= 11 is 0. The second kappa shape index (κ2) is 3.98. The Bertz CT molecular complexity index is 325. The molecular weight excluding hydrogens is 216 g/mol. The second-order valence-corrected chi connectivity index (χ2v) is 6.58. The lowest BCUT2D eigenvalue weighted by Crippen LogP contribution is -2.41. The first-order chi connectivity index (χ1) is 7.81. The fourth-order valence-corrected chi connectivity index (χ4v) is 3.67. The van der Waals surface area contributed by atoms with E-state index in [0.717, 1.165) is 19.3 Å². The molecule has 4 unspecified atom stereocenters. The molecule has 0 spiro atoms. The van der Waals surface area contributed by atoms with E-state index in [1.54, 1.807) is 0 Å². The first-order valence-corrected chi connectivity index (χ1v) is 6.66. The van der Waals surface area contributed by atoms with E-state index in [1.165, 1.54) is 0 Å². The average Bonchev–Trinajstić information content (AvgIpc) is 2.61. The predicted molar refractivity (Wildman–Crippen MR) is 65.4 cm³/mol. The molecule has 0 aromatic rings. The van der Waals surface area contributed by atoms with Crippen LogP contribution in [0.2, 0.25) is 0 Å². The molecule has 3 nitrogen and oxygen atoms in total. The highest BCUT2D eigenvalue weighted by Gasteiger charge is 2.64. The van der Waals surface area contributed by atoms with Gasteiger partial charge in [0.2, 0.25) is 0 Å². The van der Waals surface area contributed by atoms with Gasteiger partial charge in [-0.05, 0) is 25.2 Å². The molecule has 0 amide bonds. The van der Waals surface area contributed by atoms with Gasteiger partial charge in [0.15, 0.2) is 0 Å². The summed E-state index contributed by atoms with van der Waals surface area (Å²) in [6, 6.07) is 0. The topological polar surface area (TPSA) is 46.5 Å². The number of ether oxygens (including phenoxy) is 1. The Morgan fingerprint density at radius 2 is 2.12 bits per heavy atom. The minimum absolute atomic E-state index is 0.0447. The van der Waals surface area contributed by atoms with Gasteiger partial charge in [0.05, 0.1) is 18.6 Å². The van der Waals surface area contributed by atoms with Crippen LogP contribution in [0.4, 0.5) is 0 Å². The molecule has 0 aromatic heterocycles. The van der Waals surface area contributed by atoms with Crippen LogP contribution in [0, 0.1) is 22.7 Å². The summed E-state index contributed by atoms with van der Waals surface area (Å²) in [6.45, 7) is 8.49. The van der Waals surface area contributed by atoms with Gasteiger partial charge in [0.1, 0.15) is 0 Å². The maximum atomic E-state index is 11.6. The van der Waals surface area contributed by atoms with Crippen LogP contribution >= 0.6 is 0 Å². The van der Waals surface area contributed by atoms with E-state index in [-0.39, 0.29) is 28.8 Å². The highest BCUT2D eigenvalue weighted by molar-refractivity contribution is 5.71. The number of aliphatic hydroxyl groups excluding tert-OH is 1. The molecule has 0 aliphatic heterocycles. The van der Waals surface area contributed by atoms with Gasteiger partial charge in [-0.3, -0.25) is 4.79 Å². The lowest BCUT2D eigenvalue weighted by atomic mass is 9.69. The van der Waals surface area contributed by atoms with Crippen LogP contribution in [0.5, 0.6) is 0 Å². The first kappa shape index (κ1) is 12.9. The summed E-state index contributed by atoms with van der Waals surface area (Å²) in [5.74, 6) is 0.300. The van der Waals surface area contributed by atoms with E-state index >= 15 is 0 Å². The molecule has 3 heteroatoms. The van der Waals surface area contributed by atoms with E-state index < -0.39 is 0 Å². The highest BCUT2D eigenvalue weighted by atomic mass is 16.5. The Kier molecular flexibility index (Phi) is 3.01. The van der Waals surface area contributed by atoms with Gasteiger partial charge in [-0.25, -0.2) is 0 Å². The van der Waals surface area contributed by atoms with Gasteiger partial charge >= 0.3 is 5.97 Å². The molecule has 0 aromatic carbocycles. The Morgan fingerprint density at radius 3 is 2.53 bits per heavy atom. The molecule has 0 heterocycles. The summed E-state index contributed by atoms with van der Waals surface area (Å²) in [5, 5.41) is 10.1. The van der Waals surface area contributed by atoms with E-state index in [0.29, 0.717) is 12.5 Å². The molecule has 17 heavy (non-hydrogen) atoms. The van der Waals surface area contributed by atoms with Crippen molar-refractivity contribution in [2.75, 3.05) is 6.61 Å². The number of fused-ring (bicyclic) bond motifs is 2. The third-order valence-corrected chi connectivity index (χ3v) is 5.45. The standard InChI is InChI=1S/C14H24O3/c1-9(2)12(16)17-8-14(4)10-5-6-13(14,3)11(15)7-10/h9-11,15H,5-8H2,1-4H3. The van der Waals surface area contributed by atoms with Crippen LogP contribution in [0.25, 0.3) is 0 Å². The zero-order valence-corrected chi connectivity index (χ0v) is 11.3. The third-order valence-electron chi connectivity index (χ3n) is 5.45. The second-order valence-electron chi connectivity index (χ2n) is 6.58. The van der Waals surface area contributed by atoms with Crippen molar-refractivity contribution in [2.24, 2.45) is 22.7 Å². The Morgan fingerprint density at radius 1 is 1.47 bits per heavy atom. The molecule has 0 saturated heterocycles. The molecule has 0 radical (unpaired) electrons. The van der Waals surface area contributed by atoms with Gasteiger partial charge in [-0.2, -0.15) is 0 Å². The van der Waals surface area contributed by atoms with Gasteiger partial charge in [0, 0.05) is 10.8 Å². The number of carbonyl (C=O) groups excluding carboxylic acids is 1. The van der Waals surface area contributed by atoms with Crippen molar-refractivity contribution in [1.29, 1.82) is 0 Å². The van der Waals surface area contributed by atoms with Crippen molar-refractivity contribution in [3.8, 4) is 0 Å². The fraction of sp³-hybridized carbons (Fsp3) is 0.929. The zero-order chi connectivity index (χ0) is 12.8. The first-order valence-electron chi connectivity index (χ1n) is 6.66. The van der Waals surface area contributed by atoms with Crippen molar-refractivity contribution in [1.82, 2.24) is 0 Å². The van der Waals surface area contributed by atoms with Crippen LogP contribution in [0.1, 0.15) is 47.0 Å². The Balaban J connectivity index is 2.08. The molecule has 4 atom stereocenters. The normalized spacial score (nSPS) is 44.4. The van der Waals surface area contributed by atoms with E-state index in [4.69, 9.17) is 4.74 Å². The van der Waals surface area contributed by atoms with E-state index in [9.17, 15) is 9.90 Å². The maximum absolute atomic E-state index is 11.6. The lowest BCUT2D eigenvalue weighted by Gasteiger charge is -2.39. The maximum Gasteiger partial charge on any atom is 0.308 e. The molecular formula is C14H24O3. The fourth-order valence-electron chi connectivity index (χ4n) is 3.67. The highest BCUT2D eigenvalue weighted by Crippen LogP contribution is 2.65. The summed E-state index contributed by atoms with van der Waals surface area (Å²) in [4.78, 5) is 11.6. The Hall–Kier alpha value is -0.570. The van der Waals surface area contributed by atoms with Crippen LogP contribution < -0.4 is 0 Å². The summed E-state index contributed by atoms with van der Waals surface area (Å²) < 4.78 is 5.43. The summed E-state index contributed by atoms with van der Waals surface area (Å²) in [7, 11) is 0. The van der Waals surface area contributed by atoms with Crippen molar-refractivity contribution >= 4 is 5.97 Å². The monoisotopic (exact) mass is 240 g/mol. The quantitative estimate of drug-likeness (QED) is 0.770. The molecule has 2 bridgehead atoms. The Labute approximate surface area is 104 Å². The molecule has 2 fully saturated rings. The van der Waals surface area contributed by atoms with Gasteiger partial charge in [0.25, 0.3) is 0 Å². The van der Waals surface area contributed by atoms with Gasteiger partial charge < -0.3 is 9.84 Å². The molecule has 2 aliphatic carbocycles. The van der Waals surface area contributed by atoms with Crippen LogP contribution in [-0.2, 0) is 9.53 Å². The van der Waals surface area contributed by atoms with Crippen LogP contribution in [0.15, 0.2) is 0 Å². The zero-order valence-electron chi connectivity index (χ0n) is 11.3. The smallest absolute Gasteiger partial charge is 0.308 e. The lowest BCUT2D eigenvalue weighted by molar-refractivity contribution is -0.154. The molecule has 2 aliphatic rings. The summed E-state index contributed by atoms with van der Waals surface area (Å²) in [6.07, 6.45) is 2.84. The number of esters is 1. The minimum Gasteiger partial charge on any atom is -0.465 e. The summed E-state index contributed by atoms with van der Waals surface area (Å²) in [5.41, 5.74) is -0.119. The minimum atomic E-state index is -0.232. The van der Waals surface area contributed by atoms with Gasteiger partial charge in [-0.1, -0.05) is 27.7 Å². The van der Waals surface area contributed by atoms with E-state index in [1.807, 2.05) is 13.8 Å². The number of hydrogen-bond acceptors (Lipinski definition) is 3. The number of rotatable bonds is 3. The van der Waals surface area contributed by atoms with Crippen molar-refractivity contribution < 1.29 is 14.6 Å². The number of hydrogen-bond donors (Lipinski definition) is 1. The van der Waals surface area contributed by atoms with Gasteiger partial charge in [-0.15, -0.1) is 0 Å². The van der Waals surface area contributed by atoms with Crippen LogP contribution in [-0.4, -0.2) is 23.8 Å². The van der Waals surface area contributed by atoms with Crippen LogP contribution in [0.3, 0.4) is 0 Å². The van der Waals surface area contributed by atoms with E-state index in [2.05, 4.69) is 13.8 Å². The third kappa shape index (κ3) is 1.70.